The third kappa shape index (κ3) is 3.54. The molecule has 0 atom stereocenters. The van der Waals surface area contributed by atoms with E-state index in [0.717, 1.165) is 26.9 Å². The maximum Gasteiger partial charge on any atom is 0.355 e. The first-order valence-corrected chi connectivity index (χ1v) is 8.44. The van der Waals surface area contributed by atoms with E-state index in [1.54, 1.807) is 29.3 Å². The molecular weight excluding hydrogens is 386 g/mol. The lowest BCUT2D eigenvalue weighted by Crippen LogP contribution is -2.28. The highest BCUT2D eigenvalue weighted by Gasteiger charge is 2.29. The van der Waals surface area contributed by atoms with Crippen molar-refractivity contribution in [1.82, 2.24) is 0 Å². The van der Waals surface area contributed by atoms with Crippen LogP contribution in [0, 0.1) is 20.8 Å². The first-order valence-electron chi connectivity index (χ1n) is 7.64. The van der Waals surface area contributed by atoms with Crippen LogP contribution < -0.4 is 4.90 Å². The number of nitrogens with zero attached hydrogens (tertiary/aromatic N) is 1. The predicted molar refractivity (Wildman–Crippen MR) is 100 cm³/mol. The molecule has 0 amide bonds. The van der Waals surface area contributed by atoms with Crippen LogP contribution in [0.1, 0.15) is 16.7 Å². The summed E-state index contributed by atoms with van der Waals surface area (Å²) in [4.78, 5) is 26.4. The number of hydrogen-bond donors (Lipinski definition) is 0. The van der Waals surface area contributed by atoms with E-state index >= 15 is 0 Å². The molecule has 0 radical (unpaired) electrons. The molecule has 0 fully saturated rings. The van der Waals surface area contributed by atoms with Gasteiger partial charge in [0.05, 0.1) is 25.5 Å². The summed E-state index contributed by atoms with van der Waals surface area (Å²) < 4.78 is 10.7. The first-order chi connectivity index (χ1) is 11.8. The zero-order valence-corrected chi connectivity index (χ0v) is 16.4. The SMILES string of the molecule is COC(=O)C1=C(C(=O)OC)N(c2c(C)cc(C)c(Br)c2C)C=CC=C1. The second kappa shape index (κ2) is 7.70. The van der Waals surface area contributed by atoms with E-state index in [2.05, 4.69) is 15.9 Å². The molecule has 1 aromatic rings. The zero-order chi connectivity index (χ0) is 18.7. The smallest absolute Gasteiger partial charge is 0.355 e. The van der Waals surface area contributed by atoms with E-state index in [4.69, 9.17) is 9.47 Å². The van der Waals surface area contributed by atoms with Crippen molar-refractivity contribution < 1.29 is 19.1 Å². The molecule has 132 valence electrons. The van der Waals surface area contributed by atoms with Crippen molar-refractivity contribution in [3.8, 4) is 0 Å². The van der Waals surface area contributed by atoms with Crippen molar-refractivity contribution in [3.63, 3.8) is 0 Å². The number of aryl methyl sites for hydroxylation is 2. The van der Waals surface area contributed by atoms with Crippen LogP contribution in [0.25, 0.3) is 0 Å². The van der Waals surface area contributed by atoms with Gasteiger partial charge >= 0.3 is 11.9 Å². The maximum absolute atomic E-state index is 12.5. The molecular formula is C19H20BrNO4. The molecule has 0 bridgehead atoms. The predicted octanol–water partition coefficient (Wildman–Crippen LogP) is 3.86. The molecule has 1 aromatic carbocycles. The fraction of sp³-hybridized carbons (Fsp3) is 0.263. The first kappa shape index (κ1) is 19.0. The molecule has 1 heterocycles. The van der Waals surface area contributed by atoms with Gasteiger partial charge in [0.25, 0.3) is 0 Å². The highest BCUT2D eigenvalue weighted by molar-refractivity contribution is 9.10. The Morgan fingerprint density at radius 3 is 2.24 bits per heavy atom. The van der Waals surface area contributed by atoms with Crippen LogP contribution in [0.2, 0.25) is 0 Å². The summed E-state index contributed by atoms with van der Waals surface area (Å²) in [6, 6.07) is 2.02. The van der Waals surface area contributed by atoms with Crippen LogP contribution in [0.4, 0.5) is 5.69 Å². The minimum Gasteiger partial charge on any atom is -0.465 e. The van der Waals surface area contributed by atoms with Crippen molar-refractivity contribution in [2.75, 3.05) is 19.1 Å². The Bertz CT molecular complexity index is 821. The summed E-state index contributed by atoms with van der Waals surface area (Å²) in [7, 11) is 2.56. The van der Waals surface area contributed by atoms with Crippen LogP contribution in [0.3, 0.4) is 0 Å². The zero-order valence-electron chi connectivity index (χ0n) is 14.8. The van der Waals surface area contributed by atoms with E-state index in [1.165, 1.54) is 14.2 Å². The van der Waals surface area contributed by atoms with Crippen molar-refractivity contribution in [2.45, 2.75) is 20.8 Å². The summed E-state index contributed by atoms with van der Waals surface area (Å²) in [5.74, 6) is -1.22. The number of allylic oxidation sites excluding steroid dienone is 2. The molecule has 0 spiro atoms. The van der Waals surface area contributed by atoms with Gasteiger partial charge in [0.2, 0.25) is 0 Å². The van der Waals surface area contributed by atoms with Crippen molar-refractivity contribution in [3.05, 3.63) is 62.9 Å². The number of carbonyl (C=O) groups excluding carboxylic acids is 2. The number of ether oxygens (including phenoxy) is 2. The Labute approximate surface area is 155 Å². The fourth-order valence-corrected chi connectivity index (χ4v) is 3.16. The third-order valence-electron chi connectivity index (χ3n) is 3.97. The molecule has 0 saturated heterocycles. The van der Waals surface area contributed by atoms with Gasteiger partial charge in [-0.2, -0.15) is 0 Å². The number of anilines is 1. The summed E-state index contributed by atoms with van der Waals surface area (Å²) in [6.45, 7) is 5.92. The summed E-state index contributed by atoms with van der Waals surface area (Å²) >= 11 is 3.59. The minimum absolute atomic E-state index is 0.112. The Morgan fingerprint density at radius 2 is 1.64 bits per heavy atom. The number of esters is 2. The molecule has 0 saturated carbocycles. The van der Waals surface area contributed by atoms with Gasteiger partial charge in [-0.25, -0.2) is 9.59 Å². The summed E-state index contributed by atoms with van der Waals surface area (Å²) in [5, 5.41) is 0. The number of benzene rings is 1. The number of halogens is 1. The normalized spacial score (nSPS) is 13.8. The van der Waals surface area contributed by atoms with Crippen molar-refractivity contribution >= 4 is 33.6 Å². The van der Waals surface area contributed by atoms with Gasteiger partial charge in [-0.3, -0.25) is 0 Å². The lowest BCUT2D eigenvalue weighted by molar-refractivity contribution is -0.139. The second-order valence-corrected chi connectivity index (χ2v) is 6.41. The standard InChI is InChI=1S/C19H20BrNO4/c1-11-10-12(2)16(13(3)15(11)20)21-9-7-6-8-14(18(22)24-4)17(21)19(23)25-5/h6-10H,1-5H3. The number of methoxy groups -OCH3 is 2. The van der Waals surface area contributed by atoms with Crippen LogP contribution >= 0.6 is 15.9 Å². The number of hydrogen-bond acceptors (Lipinski definition) is 5. The van der Waals surface area contributed by atoms with Gasteiger partial charge in [0.15, 0.2) is 0 Å². The van der Waals surface area contributed by atoms with Gasteiger partial charge in [0, 0.05) is 10.7 Å². The van der Waals surface area contributed by atoms with Gasteiger partial charge in [-0.1, -0.05) is 28.1 Å². The quantitative estimate of drug-likeness (QED) is 0.714. The summed E-state index contributed by atoms with van der Waals surface area (Å²) in [5.41, 5.74) is 4.06. The Kier molecular flexibility index (Phi) is 5.85. The van der Waals surface area contributed by atoms with E-state index < -0.39 is 11.9 Å². The molecule has 0 N–H and O–H groups in total. The fourth-order valence-electron chi connectivity index (χ4n) is 2.86. The molecule has 0 unspecified atom stereocenters. The van der Waals surface area contributed by atoms with Crippen LogP contribution in [-0.2, 0) is 19.1 Å². The maximum atomic E-state index is 12.5. The second-order valence-electron chi connectivity index (χ2n) is 5.61. The Morgan fingerprint density at radius 1 is 1.00 bits per heavy atom. The Balaban J connectivity index is 2.81. The van der Waals surface area contributed by atoms with Crippen LogP contribution in [0.5, 0.6) is 0 Å². The lowest BCUT2D eigenvalue weighted by atomic mass is 10.0. The van der Waals surface area contributed by atoms with E-state index in [0.29, 0.717) is 0 Å². The van der Waals surface area contributed by atoms with Crippen molar-refractivity contribution in [2.24, 2.45) is 0 Å². The van der Waals surface area contributed by atoms with Crippen LogP contribution in [0.15, 0.2) is 46.2 Å². The van der Waals surface area contributed by atoms with Gasteiger partial charge in [-0.15, -0.1) is 0 Å². The molecule has 6 heteroatoms. The van der Waals surface area contributed by atoms with Gasteiger partial charge < -0.3 is 14.4 Å². The monoisotopic (exact) mass is 405 g/mol. The highest BCUT2D eigenvalue weighted by Crippen LogP contribution is 2.37. The minimum atomic E-state index is -0.618. The largest absolute Gasteiger partial charge is 0.465 e. The molecule has 0 aliphatic carbocycles. The Hall–Kier alpha value is -2.34. The van der Waals surface area contributed by atoms with E-state index in [1.807, 2.05) is 26.8 Å². The summed E-state index contributed by atoms with van der Waals surface area (Å²) in [6.07, 6.45) is 6.72. The molecule has 5 nitrogen and oxygen atoms in total. The molecule has 2 rings (SSSR count). The molecule has 1 aliphatic rings. The topological polar surface area (TPSA) is 55.8 Å². The van der Waals surface area contributed by atoms with Crippen molar-refractivity contribution in [1.29, 1.82) is 0 Å². The number of carbonyl (C=O) groups is 2. The molecule has 1 aliphatic heterocycles. The average molecular weight is 406 g/mol. The van der Waals surface area contributed by atoms with E-state index in [9.17, 15) is 9.59 Å². The third-order valence-corrected chi connectivity index (χ3v) is 5.19. The number of rotatable bonds is 3. The van der Waals surface area contributed by atoms with Gasteiger partial charge in [0.1, 0.15) is 5.70 Å². The van der Waals surface area contributed by atoms with E-state index in [-0.39, 0.29) is 11.3 Å². The highest BCUT2D eigenvalue weighted by atomic mass is 79.9. The van der Waals surface area contributed by atoms with Crippen LogP contribution in [-0.4, -0.2) is 26.2 Å². The average Bonchev–Trinajstić information content (AvgIpc) is 2.81. The van der Waals surface area contributed by atoms with Gasteiger partial charge in [-0.05, 0) is 49.6 Å². The molecule has 0 aromatic heterocycles. The lowest BCUT2D eigenvalue weighted by Gasteiger charge is -2.27. The molecule has 25 heavy (non-hydrogen) atoms.